The molecule has 19 heavy (non-hydrogen) atoms. The van der Waals surface area contributed by atoms with E-state index in [9.17, 15) is 9.18 Å². The fourth-order valence-corrected chi connectivity index (χ4v) is 2.56. The number of halogens is 2. The third-order valence-electron chi connectivity index (χ3n) is 3.31. The van der Waals surface area contributed by atoms with Gasteiger partial charge in [-0.2, -0.15) is 0 Å². The van der Waals surface area contributed by atoms with Crippen molar-refractivity contribution in [1.82, 2.24) is 5.32 Å². The van der Waals surface area contributed by atoms with Gasteiger partial charge in [0.05, 0.1) is 5.02 Å². The van der Waals surface area contributed by atoms with Crippen molar-refractivity contribution >= 4 is 17.5 Å². The minimum Gasteiger partial charge on any atom is -0.482 e. The van der Waals surface area contributed by atoms with E-state index in [1.165, 1.54) is 12.1 Å². The largest absolute Gasteiger partial charge is 0.482 e. The van der Waals surface area contributed by atoms with Crippen LogP contribution in [0.2, 0.25) is 5.02 Å². The van der Waals surface area contributed by atoms with E-state index in [-0.39, 0.29) is 23.6 Å². The molecular weight excluding hydrogens is 269 g/mol. The zero-order valence-corrected chi connectivity index (χ0v) is 11.5. The van der Waals surface area contributed by atoms with E-state index < -0.39 is 5.82 Å². The molecule has 2 unspecified atom stereocenters. The van der Waals surface area contributed by atoms with Crippen LogP contribution in [-0.4, -0.2) is 18.6 Å². The van der Waals surface area contributed by atoms with Gasteiger partial charge in [0.25, 0.3) is 5.91 Å². The number of carbonyl (C=O) groups excluding carboxylic acids is 1. The zero-order valence-electron chi connectivity index (χ0n) is 10.8. The van der Waals surface area contributed by atoms with Crippen molar-refractivity contribution in [3.8, 4) is 5.75 Å². The number of ether oxygens (including phenoxy) is 1. The maximum absolute atomic E-state index is 12.8. The van der Waals surface area contributed by atoms with Gasteiger partial charge in [0.1, 0.15) is 11.6 Å². The molecule has 0 saturated heterocycles. The van der Waals surface area contributed by atoms with E-state index in [0.717, 1.165) is 25.3 Å². The van der Waals surface area contributed by atoms with Crippen molar-refractivity contribution in [1.29, 1.82) is 0 Å². The molecule has 0 aromatic heterocycles. The Morgan fingerprint density at radius 2 is 2.32 bits per heavy atom. The second kappa shape index (κ2) is 6.24. The van der Waals surface area contributed by atoms with Crippen LogP contribution in [0.15, 0.2) is 18.2 Å². The van der Waals surface area contributed by atoms with Crippen molar-refractivity contribution in [2.75, 3.05) is 6.61 Å². The van der Waals surface area contributed by atoms with Crippen LogP contribution in [0, 0.1) is 11.7 Å². The molecule has 1 N–H and O–H groups in total. The molecule has 1 aromatic carbocycles. The predicted molar refractivity (Wildman–Crippen MR) is 71.9 cm³/mol. The van der Waals surface area contributed by atoms with Gasteiger partial charge in [-0.25, -0.2) is 4.39 Å². The quantitative estimate of drug-likeness (QED) is 0.923. The van der Waals surface area contributed by atoms with Crippen molar-refractivity contribution in [3.63, 3.8) is 0 Å². The smallest absolute Gasteiger partial charge is 0.258 e. The zero-order chi connectivity index (χ0) is 13.8. The number of amides is 1. The van der Waals surface area contributed by atoms with Crippen molar-refractivity contribution in [2.24, 2.45) is 5.92 Å². The first-order valence-corrected chi connectivity index (χ1v) is 6.79. The fourth-order valence-electron chi connectivity index (χ4n) is 2.34. The molecule has 2 rings (SSSR count). The highest BCUT2D eigenvalue weighted by atomic mass is 35.5. The molecular formula is C14H17ClFNO2. The topological polar surface area (TPSA) is 38.3 Å². The van der Waals surface area contributed by atoms with Crippen LogP contribution in [-0.2, 0) is 4.79 Å². The van der Waals surface area contributed by atoms with E-state index in [4.69, 9.17) is 16.3 Å². The monoisotopic (exact) mass is 285 g/mol. The SMILES string of the molecule is CC1CCC(NC(=O)COc2ccc(F)cc2Cl)C1. The lowest BCUT2D eigenvalue weighted by Crippen LogP contribution is -2.36. The van der Waals surface area contributed by atoms with E-state index in [2.05, 4.69) is 12.2 Å². The first kappa shape index (κ1) is 14.1. The second-order valence-electron chi connectivity index (χ2n) is 5.05. The molecule has 1 amide bonds. The number of nitrogens with one attached hydrogen (secondary N) is 1. The summed E-state index contributed by atoms with van der Waals surface area (Å²) in [7, 11) is 0. The summed E-state index contributed by atoms with van der Waals surface area (Å²) in [6.45, 7) is 2.08. The summed E-state index contributed by atoms with van der Waals surface area (Å²) in [4.78, 5) is 11.7. The summed E-state index contributed by atoms with van der Waals surface area (Å²) < 4.78 is 18.1. The Balaban J connectivity index is 1.80. The molecule has 3 nitrogen and oxygen atoms in total. The van der Waals surface area contributed by atoms with Gasteiger partial charge in [-0.1, -0.05) is 18.5 Å². The molecule has 0 radical (unpaired) electrons. The third kappa shape index (κ3) is 4.10. The molecule has 1 aromatic rings. The second-order valence-corrected chi connectivity index (χ2v) is 5.45. The van der Waals surface area contributed by atoms with Gasteiger partial charge in [0.2, 0.25) is 0 Å². The number of hydrogen-bond acceptors (Lipinski definition) is 2. The summed E-state index contributed by atoms with van der Waals surface area (Å²) >= 11 is 5.81. The highest BCUT2D eigenvalue weighted by molar-refractivity contribution is 6.32. The molecule has 1 aliphatic rings. The van der Waals surface area contributed by atoms with Gasteiger partial charge >= 0.3 is 0 Å². The molecule has 0 spiro atoms. The number of hydrogen-bond donors (Lipinski definition) is 1. The van der Waals surface area contributed by atoms with E-state index in [1.54, 1.807) is 0 Å². The normalized spacial score (nSPS) is 22.3. The van der Waals surface area contributed by atoms with Gasteiger partial charge in [0.15, 0.2) is 6.61 Å². The summed E-state index contributed by atoms with van der Waals surface area (Å²) in [5.74, 6) is 0.386. The highest BCUT2D eigenvalue weighted by Crippen LogP contribution is 2.26. The highest BCUT2D eigenvalue weighted by Gasteiger charge is 2.22. The molecule has 0 heterocycles. The number of carbonyl (C=O) groups is 1. The maximum Gasteiger partial charge on any atom is 0.258 e. The molecule has 0 bridgehead atoms. The van der Waals surface area contributed by atoms with Gasteiger partial charge in [-0.15, -0.1) is 0 Å². The van der Waals surface area contributed by atoms with Crippen LogP contribution < -0.4 is 10.1 Å². The molecule has 1 aliphatic carbocycles. The van der Waals surface area contributed by atoms with Crippen LogP contribution in [0.3, 0.4) is 0 Å². The Labute approximate surface area is 117 Å². The van der Waals surface area contributed by atoms with E-state index in [1.807, 2.05) is 0 Å². The Morgan fingerprint density at radius 3 is 2.95 bits per heavy atom. The van der Waals surface area contributed by atoms with Crippen molar-refractivity contribution < 1.29 is 13.9 Å². The van der Waals surface area contributed by atoms with Crippen LogP contribution in [0.5, 0.6) is 5.75 Å². The summed E-state index contributed by atoms with van der Waals surface area (Å²) in [5, 5.41) is 3.10. The lowest BCUT2D eigenvalue weighted by atomic mass is 10.1. The van der Waals surface area contributed by atoms with Crippen LogP contribution in [0.25, 0.3) is 0 Å². The maximum atomic E-state index is 12.8. The standard InChI is InChI=1S/C14H17ClFNO2/c1-9-2-4-11(6-9)17-14(18)8-19-13-5-3-10(16)7-12(13)15/h3,5,7,9,11H,2,4,6,8H2,1H3,(H,17,18). The van der Waals surface area contributed by atoms with Gasteiger partial charge in [0, 0.05) is 6.04 Å². The lowest BCUT2D eigenvalue weighted by molar-refractivity contribution is -0.123. The average Bonchev–Trinajstić information content (AvgIpc) is 2.73. The van der Waals surface area contributed by atoms with Gasteiger partial charge < -0.3 is 10.1 Å². The lowest BCUT2D eigenvalue weighted by Gasteiger charge is -2.13. The van der Waals surface area contributed by atoms with Crippen molar-refractivity contribution in [2.45, 2.75) is 32.2 Å². The summed E-state index contributed by atoms with van der Waals surface area (Å²) in [6.07, 6.45) is 3.18. The van der Waals surface area contributed by atoms with Crippen LogP contribution in [0.1, 0.15) is 26.2 Å². The Kier molecular flexibility index (Phi) is 4.64. The molecule has 1 saturated carbocycles. The Morgan fingerprint density at radius 1 is 1.53 bits per heavy atom. The van der Waals surface area contributed by atoms with Crippen LogP contribution >= 0.6 is 11.6 Å². The van der Waals surface area contributed by atoms with Crippen LogP contribution in [0.4, 0.5) is 4.39 Å². The van der Waals surface area contributed by atoms with Crippen molar-refractivity contribution in [3.05, 3.63) is 29.0 Å². The van der Waals surface area contributed by atoms with Gasteiger partial charge in [-0.3, -0.25) is 4.79 Å². The summed E-state index contributed by atoms with van der Waals surface area (Å²) in [5.41, 5.74) is 0. The Bertz CT molecular complexity index is 467. The minimum atomic E-state index is -0.429. The van der Waals surface area contributed by atoms with E-state index in [0.29, 0.717) is 11.7 Å². The summed E-state index contributed by atoms with van der Waals surface area (Å²) in [6, 6.07) is 4.07. The van der Waals surface area contributed by atoms with Gasteiger partial charge in [-0.05, 0) is 43.4 Å². The third-order valence-corrected chi connectivity index (χ3v) is 3.61. The molecule has 1 fully saturated rings. The molecule has 0 aliphatic heterocycles. The number of benzene rings is 1. The Hall–Kier alpha value is -1.29. The van der Waals surface area contributed by atoms with E-state index >= 15 is 0 Å². The average molecular weight is 286 g/mol. The number of rotatable bonds is 4. The minimum absolute atomic E-state index is 0.101. The molecule has 5 heteroatoms. The molecule has 2 atom stereocenters. The first-order valence-electron chi connectivity index (χ1n) is 6.42. The predicted octanol–water partition coefficient (Wildman–Crippen LogP) is 3.16. The fraction of sp³-hybridized carbons (Fsp3) is 0.500. The first-order chi connectivity index (χ1) is 9.04. The molecule has 104 valence electrons.